The van der Waals surface area contributed by atoms with Crippen molar-refractivity contribution in [1.82, 2.24) is 0 Å². The van der Waals surface area contributed by atoms with Gasteiger partial charge in [0.15, 0.2) is 0 Å². The first kappa shape index (κ1) is 13.5. The normalized spacial score (nSPS) is 14.6. The van der Waals surface area contributed by atoms with Crippen LogP contribution in [0.2, 0.25) is 0 Å². The molecule has 3 rings (SSSR count). The van der Waals surface area contributed by atoms with Gasteiger partial charge in [0.05, 0.1) is 18.5 Å². The molecule has 0 saturated carbocycles. The van der Waals surface area contributed by atoms with Gasteiger partial charge in [0.2, 0.25) is 0 Å². The maximum Gasteiger partial charge on any atom is 0.122 e. The SMILES string of the molecule is COc1ccc(C(Br)c2ccc3c(c2)CCO3)cc1C. The molecule has 2 aromatic carbocycles. The molecule has 0 fully saturated rings. The van der Waals surface area contributed by atoms with E-state index in [0.717, 1.165) is 30.1 Å². The fraction of sp³-hybridized carbons (Fsp3) is 0.294. The Bertz CT molecular complexity index is 637. The van der Waals surface area contributed by atoms with Crippen molar-refractivity contribution in [2.75, 3.05) is 13.7 Å². The molecule has 0 aromatic heterocycles. The van der Waals surface area contributed by atoms with E-state index in [0.29, 0.717) is 0 Å². The van der Waals surface area contributed by atoms with Gasteiger partial charge < -0.3 is 9.47 Å². The molecule has 0 amide bonds. The Kier molecular flexibility index (Phi) is 3.70. The summed E-state index contributed by atoms with van der Waals surface area (Å²) >= 11 is 3.80. The van der Waals surface area contributed by atoms with Crippen LogP contribution < -0.4 is 9.47 Å². The van der Waals surface area contributed by atoms with Crippen molar-refractivity contribution < 1.29 is 9.47 Å². The van der Waals surface area contributed by atoms with Crippen LogP contribution in [0.1, 0.15) is 27.1 Å². The molecule has 1 aliphatic rings. The van der Waals surface area contributed by atoms with Crippen LogP contribution in [0.25, 0.3) is 0 Å². The van der Waals surface area contributed by atoms with Gasteiger partial charge in [0, 0.05) is 6.42 Å². The highest BCUT2D eigenvalue weighted by Gasteiger charge is 2.17. The molecule has 20 heavy (non-hydrogen) atoms. The number of hydrogen-bond acceptors (Lipinski definition) is 2. The summed E-state index contributed by atoms with van der Waals surface area (Å²) in [5.41, 5.74) is 4.96. The van der Waals surface area contributed by atoms with Gasteiger partial charge in [-0.3, -0.25) is 0 Å². The molecular formula is C17H17BrO2. The molecule has 0 saturated heterocycles. The molecule has 0 radical (unpaired) electrons. The summed E-state index contributed by atoms with van der Waals surface area (Å²) in [5, 5.41) is 0. The number of halogens is 1. The first-order valence-electron chi connectivity index (χ1n) is 6.73. The Morgan fingerprint density at radius 1 is 1.15 bits per heavy atom. The van der Waals surface area contributed by atoms with Gasteiger partial charge in [-0.05, 0) is 41.3 Å². The number of benzene rings is 2. The van der Waals surface area contributed by atoms with Gasteiger partial charge in [0.1, 0.15) is 11.5 Å². The Labute approximate surface area is 127 Å². The molecule has 1 atom stereocenters. The topological polar surface area (TPSA) is 18.5 Å². The summed E-state index contributed by atoms with van der Waals surface area (Å²) in [7, 11) is 1.70. The van der Waals surface area contributed by atoms with E-state index in [9.17, 15) is 0 Å². The van der Waals surface area contributed by atoms with E-state index >= 15 is 0 Å². The highest BCUT2D eigenvalue weighted by atomic mass is 79.9. The highest BCUT2D eigenvalue weighted by molar-refractivity contribution is 9.09. The summed E-state index contributed by atoms with van der Waals surface area (Å²) in [5.74, 6) is 1.95. The number of rotatable bonds is 3. The van der Waals surface area contributed by atoms with Crippen LogP contribution in [0.3, 0.4) is 0 Å². The quantitative estimate of drug-likeness (QED) is 0.774. The Morgan fingerprint density at radius 3 is 2.65 bits per heavy atom. The van der Waals surface area contributed by atoms with Gasteiger partial charge in [-0.25, -0.2) is 0 Å². The van der Waals surface area contributed by atoms with E-state index in [2.05, 4.69) is 53.2 Å². The van der Waals surface area contributed by atoms with Gasteiger partial charge in [-0.15, -0.1) is 0 Å². The molecule has 104 valence electrons. The van der Waals surface area contributed by atoms with Gasteiger partial charge in [-0.2, -0.15) is 0 Å². The lowest BCUT2D eigenvalue weighted by Gasteiger charge is -2.14. The van der Waals surface area contributed by atoms with Crippen molar-refractivity contribution in [2.45, 2.75) is 18.2 Å². The molecule has 3 heteroatoms. The van der Waals surface area contributed by atoms with E-state index < -0.39 is 0 Å². The number of aryl methyl sites for hydroxylation is 1. The molecular weight excluding hydrogens is 316 g/mol. The second kappa shape index (κ2) is 5.49. The first-order chi connectivity index (χ1) is 9.69. The summed E-state index contributed by atoms with van der Waals surface area (Å²) < 4.78 is 10.9. The van der Waals surface area contributed by atoms with Crippen LogP contribution in [-0.4, -0.2) is 13.7 Å². The van der Waals surface area contributed by atoms with Crippen molar-refractivity contribution >= 4 is 15.9 Å². The summed E-state index contributed by atoms with van der Waals surface area (Å²) in [6.45, 7) is 2.87. The minimum atomic E-state index is 0.193. The molecule has 1 heterocycles. The molecule has 0 bridgehead atoms. The monoisotopic (exact) mass is 332 g/mol. The fourth-order valence-corrected chi connectivity index (χ4v) is 3.19. The second-order valence-corrected chi connectivity index (χ2v) is 5.97. The third-order valence-corrected chi connectivity index (χ3v) is 4.78. The van der Waals surface area contributed by atoms with Crippen LogP contribution in [0, 0.1) is 6.92 Å². The van der Waals surface area contributed by atoms with Crippen LogP contribution in [0.15, 0.2) is 36.4 Å². The van der Waals surface area contributed by atoms with Crippen LogP contribution in [0.4, 0.5) is 0 Å². The van der Waals surface area contributed by atoms with Crippen molar-refractivity contribution in [1.29, 1.82) is 0 Å². The minimum absolute atomic E-state index is 0.193. The summed E-state index contributed by atoms with van der Waals surface area (Å²) in [6, 6.07) is 12.7. The first-order valence-corrected chi connectivity index (χ1v) is 7.65. The zero-order chi connectivity index (χ0) is 14.1. The lowest BCUT2D eigenvalue weighted by Crippen LogP contribution is -1.96. The van der Waals surface area contributed by atoms with Crippen LogP contribution in [0.5, 0.6) is 11.5 Å². The van der Waals surface area contributed by atoms with Crippen LogP contribution in [-0.2, 0) is 6.42 Å². The van der Waals surface area contributed by atoms with Gasteiger partial charge in [-0.1, -0.05) is 40.2 Å². The Morgan fingerprint density at radius 2 is 1.90 bits per heavy atom. The fourth-order valence-electron chi connectivity index (χ4n) is 2.62. The third-order valence-electron chi connectivity index (χ3n) is 3.72. The van der Waals surface area contributed by atoms with E-state index in [-0.39, 0.29) is 4.83 Å². The van der Waals surface area contributed by atoms with Crippen molar-refractivity contribution in [2.24, 2.45) is 0 Å². The van der Waals surface area contributed by atoms with E-state index in [1.807, 2.05) is 6.07 Å². The zero-order valence-corrected chi connectivity index (χ0v) is 13.2. The van der Waals surface area contributed by atoms with E-state index in [1.165, 1.54) is 16.7 Å². The highest BCUT2D eigenvalue weighted by Crippen LogP contribution is 2.36. The van der Waals surface area contributed by atoms with Crippen LogP contribution >= 0.6 is 15.9 Å². The van der Waals surface area contributed by atoms with E-state index in [4.69, 9.17) is 9.47 Å². The zero-order valence-electron chi connectivity index (χ0n) is 11.7. The molecule has 2 aromatic rings. The average Bonchev–Trinajstić information content (AvgIpc) is 2.93. The Hall–Kier alpha value is -1.48. The summed E-state index contributed by atoms with van der Waals surface area (Å²) in [4.78, 5) is 0.193. The summed E-state index contributed by atoms with van der Waals surface area (Å²) in [6.07, 6.45) is 1.00. The number of hydrogen-bond donors (Lipinski definition) is 0. The van der Waals surface area contributed by atoms with E-state index in [1.54, 1.807) is 7.11 Å². The predicted octanol–water partition coefficient (Wildman–Crippen LogP) is 4.42. The predicted molar refractivity (Wildman–Crippen MR) is 84.1 cm³/mol. The van der Waals surface area contributed by atoms with Crippen molar-refractivity contribution in [3.05, 3.63) is 58.7 Å². The number of ether oxygens (including phenoxy) is 2. The molecule has 1 aliphatic heterocycles. The lowest BCUT2D eigenvalue weighted by molar-refractivity contribution is 0.357. The molecule has 0 spiro atoms. The van der Waals surface area contributed by atoms with Gasteiger partial charge in [0.25, 0.3) is 0 Å². The largest absolute Gasteiger partial charge is 0.496 e. The van der Waals surface area contributed by atoms with Crippen molar-refractivity contribution in [3.63, 3.8) is 0 Å². The smallest absolute Gasteiger partial charge is 0.122 e. The average molecular weight is 333 g/mol. The van der Waals surface area contributed by atoms with Gasteiger partial charge >= 0.3 is 0 Å². The number of methoxy groups -OCH3 is 1. The molecule has 2 nitrogen and oxygen atoms in total. The number of alkyl halides is 1. The Balaban J connectivity index is 1.92. The maximum atomic E-state index is 5.56. The standard InChI is InChI=1S/C17H17BrO2/c1-11-9-13(3-5-15(11)19-2)17(18)14-4-6-16-12(10-14)7-8-20-16/h3-6,9-10,17H,7-8H2,1-2H3. The molecule has 0 N–H and O–H groups in total. The van der Waals surface area contributed by atoms with Crippen molar-refractivity contribution in [3.8, 4) is 11.5 Å². The molecule has 1 unspecified atom stereocenters. The second-order valence-electron chi connectivity index (χ2n) is 5.06. The third kappa shape index (κ3) is 2.42. The number of fused-ring (bicyclic) bond motifs is 1. The maximum absolute atomic E-state index is 5.56. The minimum Gasteiger partial charge on any atom is -0.496 e. The molecule has 0 aliphatic carbocycles. The lowest BCUT2D eigenvalue weighted by atomic mass is 10.00.